The van der Waals surface area contributed by atoms with E-state index in [-0.39, 0.29) is 24.5 Å². The molecule has 126 valence electrons. The molecule has 4 heteroatoms. The van der Waals surface area contributed by atoms with Gasteiger partial charge in [-0.1, -0.05) is 60.7 Å². The van der Waals surface area contributed by atoms with E-state index in [2.05, 4.69) is 0 Å². The zero-order valence-electron chi connectivity index (χ0n) is 13.5. The summed E-state index contributed by atoms with van der Waals surface area (Å²) < 4.78 is 24.7. The van der Waals surface area contributed by atoms with E-state index in [0.717, 1.165) is 11.1 Å². The average Bonchev–Trinajstić information content (AvgIpc) is 2.67. The molecule has 0 bridgehead atoms. The zero-order valence-corrected chi connectivity index (χ0v) is 13.5. The summed E-state index contributed by atoms with van der Waals surface area (Å²) >= 11 is 0. The molecule has 0 spiro atoms. The molecule has 0 atom stereocenters. The van der Waals surface area contributed by atoms with Gasteiger partial charge in [0.1, 0.15) is 13.2 Å². The van der Waals surface area contributed by atoms with Gasteiger partial charge in [-0.25, -0.2) is 9.18 Å². The van der Waals surface area contributed by atoms with Gasteiger partial charge in [0, 0.05) is 0 Å². The number of benzene rings is 3. The fourth-order valence-corrected chi connectivity index (χ4v) is 2.28. The van der Waals surface area contributed by atoms with Crippen molar-refractivity contribution in [3.8, 4) is 5.75 Å². The van der Waals surface area contributed by atoms with Crippen LogP contribution in [0.15, 0.2) is 78.9 Å². The second-order valence-electron chi connectivity index (χ2n) is 5.48. The normalized spacial score (nSPS) is 10.3. The van der Waals surface area contributed by atoms with Gasteiger partial charge < -0.3 is 9.47 Å². The lowest BCUT2D eigenvalue weighted by molar-refractivity contribution is 0.0472. The first-order valence-corrected chi connectivity index (χ1v) is 7.90. The Morgan fingerprint density at radius 1 is 0.800 bits per heavy atom. The molecule has 0 aliphatic carbocycles. The Labute approximate surface area is 145 Å². The highest BCUT2D eigenvalue weighted by molar-refractivity contribution is 5.89. The van der Waals surface area contributed by atoms with Gasteiger partial charge in [0.25, 0.3) is 0 Å². The van der Waals surface area contributed by atoms with Crippen molar-refractivity contribution in [1.82, 2.24) is 0 Å². The Kier molecular flexibility index (Phi) is 5.42. The predicted molar refractivity (Wildman–Crippen MR) is 92.7 cm³/mol. The Morgan fingerprint density at radius 3 is 2.04 bits per heavy atom. The summed E-state index contributed by atoms with van der Waals surface area (Å²) in [5, 5.41) is 0. The van der Waals surface area contributed by atoms with Crippen molar-refractivity contribution in [2.75, 3.05) is 0 Å². The molecule has 0 radical (unpaired) electrons. The number of hydrogen-bond donors (Lipinski definition) is 0. The molecular weight excluding hydrogens is 319 g/mol. The SMILES string of the molecule is O=C(OCc1ccccc1)c1ccc(F)c(OCc2ccccc2)c1. The molecule has 0 saturated heterocycles. The smallest absolute Gasteiger partial charge is 0.338 e. The maximum absolute atomic E-state index is 13.9. The molecule has 0 saturated carbocycles. The largest absolute Gasteiger partial charge is 0.486 e. The lowest BCUT2D eigenvalue weighted by atomic mass is 10.2. The molecule has 0 aromatic heterocycles. The van der Waals surface area contributed by atoms with Crippen molar-refractivity contribution < 1.29 is 18.7 Å². The van der Waals surface area contributed by atoms with Crippen LogP contribution in [0, 0.1) is 5.82 Å². The van der Waals surface area contributed by atoms with Crippen LogP contribution < -0.4 is 4.74 Å². The topological polar surface area (TPSA) is 35.5 Å². The first kappa shape index (κ1) is 16.7. The Bertz CT molecular complexity index is 832. The van der Waals surface area contributed by atoms with Crippen molar-refractivity contribution in [3.63, 3.8) is 0 Å². The minimum Gasteiger partial charge on any atom is -0.486 e. The summed E-state index contributed by atoms with van der Waals surface area (Å²) in [7, 11) is 0. The summed E-state index contributed by atoms with van der Waals surface area (Å²) in [5.41, 5.74) is 2.05. The molecule has 3 rings (SSSR count). The van der Waals surface area contributed by atoms with E-state index in [1.54, 1.807) is 0 Å². The molecule has 0 aliphatic heterocycles. The van der Waals surface area contributed by atoms with Gasteiger partial charge in [-0.3, -0.25) is 0 Å². The summed E-state index contributed by atoms with van der Waals surface area (Å²) in [6, 6.07) is 22.8. The van der Waals surface area contributed by atoms with Crippen LogP contribution in [-0.4, -0.2) is 5.97 Å². The third-order valence-electron chi connectivity index (χ3n) is 3.62. The number of hydrogen-bond acceptors (Lipinski definition) is 3. The third kappa shape index (κ3) is 4.67. The van der Waals surface area contributed by atoms with Crippen LogP contribution in [0.3, 0.4) is 0 Å². The molecule has 0 amide bonds. The minimum atomic E-state index is -0.520. The van der Waals surface area contributed by atoms with Crippen LogP contribution in [0.4, 0.5) is 4.39 Å². The Hall–Kier alpha value is -3.14. The number of halogens is 1. The fraction of sp³-hybridized carbons (Fsp3) is 0.0952. The molecule has 0 unspecified atom stereocenters. The van der Waals surface area contributed by atoms with E-state index < -0.39 is 11.8 Å². The number of carbonyl (C=O) groups is 1. The van der Waals surface area contributed by atoms with E-state index in [9.17, 15) is 9.18 Å². The molecule has 0 heterocycles. The summed E-state index contributed by atoms with van der Waals surface area (Å²) in [5.74, 6) is -1.01. The van der Waals surface area contributed by atoms with Gasteiger partial charge in [-0.15, -0.1) is 0 Å². The van der Waals surface area contributed by atoms with Crippen molar-refractivity contribution in [3.05, 3.63) is 101 Å². The van der Waals surface area contributed by atoms with E-state index in [4.69, 9.17) is 9.47 Å². The standard InChI is InChI=1S/C21H17FO3/c22-19-12-11-18(21(23)25-15-17-9-5-2-6-10-17)13-20(19)24-14-16-7-3-1-4-8-16/h1-13H,14-15H2. The van der Waals surface area contributed by atoms with Gasteiger partial charge in [0.2, 0.25) is 0 Å². The molecule has 0 aliphatic rings. The Balaban J connectivity index is 1.64. The highest BCUT2D eigenvalue weighted by atomic mass is 19.1. The number of ether oxygens (including phenoxy) is 2. The lowest BCUT2D eigenvalue weighted by Gasteiger charge is -2.10. The van der Waals surface area contributed by atoms with Crippen molar-refractivity contribution in [1.29, 1.82) is 0 Å². The molecular formula is C21H17FO3. The summed E-state index contributed by atoms with van der Waals surface area (Å²) in [6.07, 6.45) is 0. The predicted octanol–water partition coefficient (Wildman–Crippen LogP) is 4.76. The molecule has 25 heavy (non-hydrogen) atoms. The molecule has 3 aromatic carbocycles. The summed E-state index contributed by atoms with van der Waals surface area (Å²) in [6.45, 7) is 0.386. The first-order chi connectivity index (χ1) is 12.2. The maximum atomic E-state index is 13.9. The van der Waals surface area contributed by atoms with Gasteiger partial charge in [-0.05, 0) is 29.3 Å². The average molecular weight is 336 g/mol. The van der Waals surface area contributed by atoms with E-state index in [1.807, 2.05) is 60.7 Å². The quantitative estimate of drug-likeness (QED) is 0.609. The van der Waals surface area contributed by atoms with Crippen LogP contribution in [0.5, 0.6) is 5.75 Å². The third-order valence-corrected chi connectivity index (χ3v) is 3.62. The van der Waals surface area contributed by atoms with Crippen molar-refractivity contribution >= 4 is 5.97 Å². The van der Waals surface area contributed by atoms with E-state index in [0.29, 0.717) is 0 Å². The van der Waals surface area contributed by atoms with Gasteiger partial charge in [0.05, 0.1) is 5.56 Å². The molecule has 0 N–H and O–H groups in total. The van der Waals surface area contributed by atoms with Gasteiger partial charge in [-0.2, -0.15) is 0 Å². The van der Waals surface area contributed by atoms with Crippen LogP contribution >= 0.6 is 0 Å². The second-order valence-corrected chi connectivity index (χ2v) is 5.48. The second kappa shape index (κ2) is 8.11. The number of esters is 1. The van der Waals surface area contributed by atoms with Gasteiger partial charge >= 0.3 is 5.97 Å². The van der Waals surface area contributed by atoms with Crippen LogP contribution in [0.2, 0.25) is 0 Å². The van der Waals surface area contributed by atoms with Crippen LogP contribution in [0.25, 0.3) is 0 Å². The Morgan fingerprint density at radius 2 is 1.40 bits per heavy atom. The minimum absolute atomic E-state index is 0.0259. The first-order valence-electron chi connectivity index (χ1n) is 7.90. The van der Waals surface area contributed by atoms with Crippen LogP contribution in [-0.2, 0) is 18.0 Å². The fourth-order valence-electron chi connectivity index (χ4n) is 2.28. The van der Waals surface area contributed by atoms with E-state index >= 15 is 0 Å². The van der Waals surface area contributed by atoms with E-state index in [1.165, 1.54) is 18.2 Å². The van der Waals surface area contributed by atoms with Gasteiger partial charge in [0.15, 0.2) is 11.6 Å². The molecule has 3 nitrogen and oxygen atoms in total. The molecule has 3 aromatic rings. The number of carbonyl (C=O) groups excluding carboxylic acids is 1. The highest BCUT2D eigenvalue weighted by Gasteiger charge is 2.12. The highest BCUT2D eigenvalue weighted by Crippen LogP contribution is 2.21. The summed E-state index contributed by atoms with van der Waals surface area (Å²) in [4.78, 5) is 12.2. The van der Waals surface area contributed by atoms with Crippen molar-refractivity contribution in [2.24, 2.45) is 0 Å². The lowest BCUT2D eigenvalue weighted by Crippen LogP contribution is -2.06. The zero-order chi connectivity index (χ0) is 17.5. The molecule has 0 fully saturated rings. The maximum Gasteiger partial charge on any atom is 0.338 e. The van der Waals surface area contributed by atoms with Crippen LogP contribution in [0.1, 0.15) is 21.5 Å². The van der Waals surface area contributed by atoms with Crippen molar-refractivity contribution in [2.45, 2.75) is 13.2 Å². The monoisotopic (exact) mass is 336 g/mol. The number of rotatable bonds is 6.